The minimum Gasteiger partial charge on any atom is -0.418 e. The topological polar surface area (TPSA) is 9.23 Å². The Balaban J connectivity index is 1.52. The van der Waals surface area contributed by atoms with Crippen molar-refractivity contribution in [3.05, 3.63) is 0 Å². The van der Waals surface area contributed by atoms with Gasteiger partial charge in [0, 0.05) is 6.61 Å². The van der Waals surface area contributed by atoms with Crippen molar-refractivity contribution in [1.29, 1.82) is 0 Å². The van der Waals surface area contributed by atoms with Crippen LogP contribution < -0.4 is 0 Å². The number of rotatable bonds is 6. The van der Waals surface area contributed by atoms with Crippen LogP contribution in [0.15, 0.2) is 0 Å². The Hall–Kier alpha value is 0.394. The van der Waals surface area contributed by atoms with E-state index in [1.807, 2.05) is 0 Å². The maximum atomic E-state index is 6.13. The Morgan fingerprint density at radius 3 is 2.33 bits per heavy atom. The van der Waals surface area contributed by atoms with Crippen molar-refractivity contribution in [1.82, 2.24) is 0 Å². The zero-order valence-corrected chi connectivity index (χ0v) is 19.1. The minimum atomic E-state index is -1.31. The van der Waals surface area contributed by atoms with Crippen LogP contribution in [-0.4, -0.2) is 23.0 Å². The second kappa shape index (κ2) is 7.56. The predicted molar refractivity (Wildman–Crippen MR) is 111 cm³/mol. The van der Waals surface area contributed by atoms with Crippen molar-refractivity contribution in [2.45, 2.75) is 108 Å². The third-order valence-corrected chi connectivity index (χ3v) is 14.3. The molecular formula is C21H42OSi2. The van der Waals surface area contributed by atoms with Crippen LogP contribution in [-0.2, 0) is 4.43 Å². The van der Waals surface area contributed by atoms with Crippen LogP contribution in [0, 0.1) is 17.8 Å². The number of hydrogen-bond donors (Lipinski definition) is 0. The van der Waals surface area contributed by atoms with Gasteiger partial charge in [0.05, 0.1) is 8.07 Å². The molecule has 0 aromatic rings. The normalized spacial score (nSPS) is 37.6. The molecule has 5 unspecified atom stereocenters. The van der Waals surface area contributed by atoms with Gasteiger partial charge in [0.25, 0.3) is 0 Å². The Kier molecular flexibility index (Phi) is 6.04. The summed E-state index contributed by atoms with van der Waals surface area (Å²) in [4.78, 5) is 0. The van der Waals surface area contributed by atoms with Gasteiger partial charge >= 0.3 is 0 Å². The SMILES string of the molecule is C[Si](C)(C)OCCC1CCC([Si](C)(C)C2CCC3CCCCC32)C1. The molecule has 3 fully saturated rings. The van der Waals surface area contributed by atoms with E-state index in [-0.39, 0.29) is 0 Å². The zero-order chi connectivity index (χ0) is 17.4. The molecule has 0 aromatic carbocycles. The van der Waals surface area contributed by atoms with Gasteiger partial charge in [0.15, 0.2) is 8.32 Å². The lowest BCUT2D eigenvalue weighted by atomic mass is 9.82. The monoisotopic (exact) mass is 366 g/mol. The maximum absolute atomic E-state index is 6.13. The molecule has 24 heavy (non-hydrogen) atoms. The summed E-state index contributed by atoms with van der Waals surface area (Å²) in [7, 11) is -2.41. The molecule has 5 atom stereocenters. The van der Waals surface area contributed by atoms with Gasteiger partial charge < -0.3 is 4.43 Å². The second-order valence-corrected chi connectivity index (χ2v) is 20.6. The summed E-state index contributed by atoms with van der Waals surface area (Å²) in [5, 5.41) is 0. The van der Waals surface area contributed by atoms with Crippen LogP contribution in [0.2, 0.25) is 43.8 Å². The van der Waals surface area contributed by atoms with Crippen molar-refractivity contribution < 1.29 is 4.43 Å². The molecule has 3 aliphatic rings. The fourth-order valence-corrected chi connectivity index (χ4v) is 12.1. The first-order valence-corrected chi connectivity index (χ1v) is 17.5. The van der Waals surface area contributed by atoms with E-state index in [2.05, 4.69) is 32.7 Å². The highest BCUT2D eigenvalue weighted by Gasteiger charge is 2.49. The molecule has 3 heteroatoms. The molecular weight excluding hydrogens is 324 g/mol. The van der Waals surface area contributed by atoms with E-state index < -0.39 is 16.4 Å². The first-order chi connectivity index (χ1) is 11.3. The smallest absolute Gasteiger partial charge is 0.183 e. The summed E-state index contributed by atoms with van der Waals surface area (Å²) in [6.45, 7) is 13.5. The molecule has 0 N–H and O–H groups in total. The summed E-state index contributed by atoms with van der Waals surface area (Å²) in [5.41, 5.74) is 2.27. The van der Waals surface area contributed by atoms with Gasteiger partial charge in [-0.15, -0.1) is 0 Å². The third kappa shape index (κ3) is 4.38. The van der Waals surface area contributed by atoms with Crippen molar-refractivity contribution in [2.24, 2.45) is 17.8 Å². The lowest BCUT2D eigenvalue weighted by Crippen LogP contribution is -2.40. The maximum Gasteiger partial charge on any atom is 0.183 e. The molecule has 0 spiro atoms. The van der Waals surface area contributed by atoms with E-state index >= 15 is 0 Å². The quantitative estimate of drug-likeness (QED) is 0.456. The van der Waals surface area contributed by atoms with Crippen LogP contribution >= 0.6 is 0 Å². The van der Waals surface area contributed by atoms with Crippen LogP contribution in [0.4, 0.5) is 0 Å². The fourth-order valence-electron chi connectivity index (χ4n) is 6.50. The Morgan fingerprint density at radius 1 is 0.833 bits per heavy atom. The van der Waals surface area contributed by atoms with Gasteiger partial charge in [0.1, 0.15) is 0 Å². The van der Waals surface area contributed by atoms with Gasteiger partial charge in [-0.1, -0.05) is 64.5 Å². The molecule has 140 valence electrons. The second-order valence-electron chi connectivity index (χ2n) is 10.8. The predicted octanol–water partition coefficient (Wildman–Crippen LogP) is 7.08. The standard InChI is InChI=1S/C21H42OSi2/c1-23(2,3)22-15-14-17-10-12-19(16-17)24(4,5)21-13-11-18-8-6-7-9-20(18)21/h17-21H,6-16H2,1-5H3. The van der Waals surface area contributed by atoms with E-state index in [0.717, 1.165) is 35.4 Å². The molecule has 0 saturated heterocycles. The molecule has 0 amide bonds. The summed E-state index contributed by atoms with van der Waals surface area (Å²) in [6, 6.07) is 0. The highest BCUT2D eigenvalue weighted by atomic mass is 28.4. The molecule has 0 bridgehead atoms. The van der Waals surface area contributed by atoms with E-state index in [1.54, 1.807) is 38.5 Å². The Morgan fingerprint density at radius 2 is 1.58 bits per heavy atom. The molecule has 3 rings (SSSR count). The molecule has 0 heterocycles. The largest absolute Gasteiger partial charge is 0.418 e. The fraction of sp³-hybridized carbons (Fsp3) is 1.00. The molecule has 1 nitrogen and oxygen atoms in total. The minimum absolute atomic E-state index is 0.974. The molecule has 0 aliphatic heterocycles. The van der Waals surface area contributed by atoms with Crippen molar-refractivity contribution in [3.8, 4) is 0 Å². The summed E-state index contributed by atoms with van der Waals surface area (Å²) in [6.07, 6.45) is 15.3. The van der Waals surface area contributed by atoms with Gasteiger partial charge in [-0.05, 0) is 61.3 Å². The molecule has 0 aromatic heterocycles. The summed E-state index contributed by atoms with van der Waals surface area (Å²) >= 11 is 0. The number of hydrogen-bond acceptors (Lipinski definition) is 1. The lowest BCUT2D eigenvalue weighted by Gasteiger charge is -2.41. The van der Waals surface area contributed by atoms with Gasteiger partial charge in [-0.25, -0.2) is 0 Å². The molecule has 0 radical (unpaired) electrons. The third-order valence-electron chi connectivity index (χ3n) is 7.94. The number of fused-ring (bicyclic) bond motifs is 1. The lowest BCUT2D eigenvalue weighted by molar-refractivity contribution is 0.271. The van der Waals surface area contributed by atoms with Crippen molar-refractivity contribution in [3.63, 3.8) is 0 Å². The molecule has 3 aliphatic carbocycles. The highest BCUT2D eigenvalue weighted by molar-refractivity contribution is 6.80. The highest BCUT2D eigenvalue weighted by Crippen LogP contribution is 2.58. The van der Waals surface area contributed by atoms with E-state index in [4.69, 9.17) is 4.43 Å². The van der Waals surface area contributed by atoms with Crippen LogP contribution in [0.5, 0.6) is 0 Å². The zero-order valence-electron chi connectivity index (χ0n) is 17.1. The van der Waals surface area contributed by atoms with Gasteiger partial charge in [0.2, 0.25) is 0 Å². The van der Waals surface area contributed by atoms with Crippen LogP contribution in [0.25, 0.3) is 0 Å². The first kappa shape index (κ1) is 19.2. The summed E-state index contributed by atoms with van der Waals surface area (Å²) < 4.78 is 6.13. The Labute approximate surface area is 153 Å². The van der Waals surface area contributed by atoms with E-state index in [1.165, 1.54) is 25.7 Å². The first-order valence-electron chi connectivity index (χ1n) is 10.9. The Bertz CT molecular complexity index is 415. The molecule has 3 saturated carbocycles. The van der Waals surface area contributed by atoms with E-state index in [0.29, 0.717) is 0 Å². The van der Waals surface area contributed by atoms with Crippen LogP contribution in [0.1, 0.15) is 64.2 Å². The van der Waals surface area contributed by atoms with Crippen molar-refractivity contribution in [2.75, 3.05) is 6.61 Å². The average molecular weight is 367 g/mol. The average Bonchev–Trinajstić information content (AvgIpc) is 3.12. The van der Waals surface area contributed by atoms with Crippen LogP contribution in [0.3, 0.4) is 0 Å². The van der Waals surface area contributed by atoms with Gasteiger partial charge in [-0.3, -0.25) is 0 Å². The summed E-state index contributed by atoms with van der Waals surface area (Å²) in [5.74, 6) is 3.23. The van der Waals surface area contributed by atoms with Crippen molar-refractivity contribution >= 4 is 16.4 Å². The van der Waals surface area contributed by atoms with E-state index in [9.17, 15) is 0 Å². The van der Waals surface area contributed by atoms with Gasteiger partial charge in [-0.2, -0.15) is 0 Å².